The first kappa shape index (κ1) is 14.1. The van der Waals surface area contributed by atoms with E-state index in [9.17, 15) is 0 Å². The summed E-state index contributed by atoms with van der Waals surface area (Å²) in [4.78, 5) is 4.49. The smallest absolute Gasteiger partial charge is 0.234 e. The van der Waals surface area contributed by atoms with E-state index in [2.05, 4.69) is 17.1 Å². The molecular formula is C16H21N3O2. The van der Waals surface area contributed by atoms with E-state index < -0.39 is 0 Å². The molecule has 2 unspecified atom stereocenters. The molecule has 0 spiro atoms. The van der Waals surface area contributed by atoms with Crippen LogP contribution >= 0.6 is 0 Å². The van der Waals surface area contributed by atoms with Crippen LogP contribution in [0.15, 0.2) is 34.9 Å². The van der Waals surface area contributed by atoms with Gasteiger partial charge in [-0.2, -0.15) is 4.98 Å². The van der Waals surface area contributed by atoms with Gasteiger partial charge in [-0.15, -0.1) is 0 Å². The Hall–Kier alpha value is -1.88. The first-order valence-corrected chi connectivity index (χ1v) is 7.45. The second-order valence-electron chi connectivity index (χ2n) is 5.89. The molecule has 1 heterocycles. The van der Waals surface area contributed by atoms with E-state index in [1.165, 1.54) is 6.42 Å². The molecule has 2 atom stereocenters. The van der Waals surface area contributed by atoms with Crippen LogP contribution in [0.2, 0.25) is 0 Å². The third-order valence-electron chi connectivity index (χ3n) is 4.35. The molecule has 1 saturated carbocycles. The number of aromatic nitrogens is 2. The summed E-state index contributed by atoms with van der Waals surface area (Å²) in [7, 11) is 0. The molecule has 112 valence electrons. The minimum Gasteiger partial charge on any atom is -0.485 e. The van der Waals surface area contributed by atoms with Gasteiger partial charge in [0, 0.05) is 6.04 Å². The highest BCUT2D eigenvalue weighted by Gasteiger charge is 2.40. The predicted molar refractivity (Wildman–Crippen MR) is 78.9 cm³/mol. The average Bonchev–Trinajstić information content (AvgIpc) is 2.99. The lowest BCUT2D eigenvalue weighted by molar-refractivity contribution is 0.202. The first-order chi connectivity index (χ1) is 10.2. The van der Waals surface area contributed by atoms with Gasteiger partial charge in [0.05, 0.1) is 5.41 Å². The Kier molecular flexibility index (Phi) is 3.92. The van der Waals surface area contributed by atoms with Gasteiger partial charge in [-0.25, -0.2) is 0 Å². The molecule has 0 bridgehead atoms. The van der Waals surface area contributed by atoms with Gasteiger partial charge in [-0.05, 0) is 31.9 Å². The fourth-order valence-electron chi connectivity index (χ4n) is 2.84. The van der Waals surface area contributed by atoms with Crippen molar-refractivity contribution < 1.29 is 9.26 Å². The van der Waals surface area contributed by atoms with Crippen molar-refractivity contribution in [3.63, 3.8) is 0 Å². The van der Waals surface area contributed by atoms with Crippen molar-refractivity contribution in [3.8, 4) is 5.75 Å². The summed E-state index contributed by atoms with van der Waals surface area (Å²) in [6, 6.07) is 9.69. The molecule has 1 aromatic carbocycles. The number of benzene rings is 1. The third-order valence-corrected chi connectivity index (χ3v) is 4.35. The van der Waals surface area contributed by atoms with Crippen LogP contribution in [0.5, 0.6) is 5.75 Å². The molecular weight excluding hydrogens is 266 g/mol. The molecule has 1 aliphatic rings. The number of para-hydroxylation sites is 1. The van der Waals surface area contributed by atoms with Gasteiger partial charge in [-0.3, -0.25) is 0 Å². The highest BCUT2D eigenvalue weighted by atomic mass is 16.5. The quantitative estimate of drug-likeness (QED) is 0.936. The van der Waals surface area contributed by atoms with Gasteiger partial charge in [0.15, 0.2) is 6.61 Å². The molecule has 0 radical (unpaired) electrons. The molecule has 1 aliphatic carbocycles. The van der Waals surface area contributed by atoms with Crippen molar-refractivity contribution in [2.45, 2.75) is 50.7 Å². The largest absolute Gasteiger partial charge is 0.485 e. The minimum atomic E-state index is -0.212. The van der Waals surface area contributed by atoms with Gasteiger partial charge in [-0.1, -0.05) is 36.2 Å². The number of hydrogen-bond donors (Lipinski definition) is 1. The molecule has 0 saturated heterocycles. The monoisotopic (exact) mass is 287 g/mol. The fraction of sp³-hybridized carbons (Fsp3) is 0.500. The molecule has 2 aromatic rings. The van der Waals surface area contributed by atoms with Crippen molar-refractivity contribution in [2.24, 2.45) is 5.73 Å². The zero-order chi connectivity index (χ0) is 14.7. The Morgan fingerprint density at radius 3 is 2.90 bits per heavy atom. The molecule has 5 nitrogen and oxygen atoms in total. The summed E-state index contributed by atoms with van der Waals surface area (Å²) in [5, 5.41) is 4.02. The maximum Gasteiger partial charge on any atom is 0.234 e. The molecule has 3 rings (SSSR count). The fourth-order valence-corrected chi connectivity index (χ4v) is 2.84. The molecule has 2 N–H and O–H groups in total. The summed E-state index contributed by atoms with van der Waals surface area (Å²) in [5.41, 5.74) is 6.05. The van der Waals surface area contributed by atoms with E-state index in [0.29, 0.717) is 18.3 Å². The maximum absolute atomic E-state index is 6.26. The van der Waals surface area contributed by atoms with E-state index in [1.807, 2.05) is 30.3 Å². The van der Waals surface area contributed by atoms with Crippen molar-refractivity contribution >= 4 is 0 Å². The van der Waals surface area contributed by atoms with Crippen LogP contribution in [0.25, 0.3) is 0 Å². The summed E-state index contributed by atoms with van der Waals surface area (Å²) >= 11 is 0. The molecule has 0 amide bonds. The van der Waals surface area contributed by atoms with E-state index in [-0.39, 0.29) is 11.5 Å². The van der Waals surface area contributed by atoms with Crippen molar-refractivity contribution in [2.75, 3.05) is 0 Å². The number of nitrogens with two attached hydrogens (primary N) is 1. The molecule has 5 heteroatoms. The lowest BCUT2D eigenvalue weighted by atomic mass is 9.72. The number of rotatable bonds is 4. The SMILES string of the molecule is CC1(c2nc(COc3ccccc3)no2)CCCCC1N. The minimum absolute atomic E-state index is 0.0783. The molecule has 21 heavy (non-hydrogen) atoms. The van der Waals surface area contributed by atoms with Crippen molar-refractivity contribution in [1.82, 2.24) is 10.1 Å². The van der Waals surface area contributed by atoms with Gasteiger partial charge < -0.3 is 15.0 Å². The Labute approximate surface area is 124 Å². The summed E-state index contributed by atoms with van der Waals surface area (Å²) in [6.07, 6.45) is 4.33. The summed E-state index contributed by atoms with van der Waals surface area (Å²) in [6.45, 7) is 2.42. The van der Waals surface area contributed by atoms with Crippen LogP contribution in [0.1, 0.15) is 44.3 Å². The zero-order valence-electron chi connectivity index (χ0n) is 12.3. The van der Waals surface area contributed by atoms with Crippen LogP contribution in [-0.2, 0) is 12.0 Å². The highest BCUT2D eigenvalue weighted by Crippen LogP contribution is 2.37. The maximum atomic E-state index is 6.26. The second kappa shape index (κ2) is 5.85. The van der Waals surface area contributed by atoms with Crippen LogP contribution < -0.4 is 10.5 Å². The Bertz CT molecular complexity index is 584. The van der Waals surface area contributed by atoms with Gasteiger partial charge in [0.2, 0.25) is 11.7 Å². The number of nitrogens with zero attached hydrogens (tertiary/aromatic N) is 2. The van der Waals surface area contributed by atoms with E-state index in [1.54, 1.807) is 0 Å². The van der Waals surface area contributed by atoms with Crippen LogP contribution in [-0.4, -0.2) is 16.2 Å². The van der Waals surface area contributed by atoms with E-state index >= 15 is 0 Å². The standard InChI is InChI=1S/C16H21N3O2/c1-16(10-6-5-9-13(16)17)15-18-14(19-21-15)11-20-12-7-3-2-4-8-12/h2-4,7-8,13H,5-6,9-11,17H2,1H3. The third kappa shape index (κ3) is 2.93. The molecule has 0 aliphatic heterocycles. The molecule has 1 fully saturated rings. The van der Waals surface area contributed by atoms with Crippen LogP contribution in [0.4, 0.5) is 0 Å². The van der Waals surface area contributed by atoms with Crippen molar-refractivity contribution in [1.29, 1.82) is 0 Å². The summed E-state index contributed by atoms with van der Waals surface area (Å²) in [5.74, 6) is 2.00. The number of ether oxygens (including phenoxy) is 1. The number of hydrogen-bond acceptors (Lipinski definition) is 5. The second-order valence-corrected chi connectivity index (χ2v) is 5.89. The molecule has 1 aromatic heterocycles. The lowest BCUT2D eigenvalue weighted by Crippen LogP contribution is -2.45. The topological polar surface area (TPSA) is 74.2 Å². The van der Waals surface area contributed by atoms with Gasteiger partial charge >= 0.3 is 0 Å². The average molecular weight is 287 g/mol. The Morgan fingerprint density at radius 2 is 2.14 bits per heavy atom. The van der Waals surface area contributed by atoms with Crippen LogP contribution in [0, 0.1) is 0 Å². The Balaban J connectivity index is 1.68. The van der Waals surface area contributed by atoms with Gasteiger partial charge in [0.25, 0.3) is 0 Å². The predicted octanol–water partition coefficient (Wildman–Crippen LogP) is 2.81. The summed E-state index contributed by atoms with van der Waals surface area (Å²) < 4.78 is 11.1. The lowest BCUT2D eigenvalue weighted by Gasteiger charge is -2.35. The van der Waals surface area contributed by atoms with E-state index in [0.717, 1.165) is 25.0 Å². The highest BCUT2D eigenvalue weighted by molar-refractivity contribution is 5.21. The normalized spacial score (nSPS) is 25.7. The van der Waals surface area contributed by atoms with Crippen LogP contribution in [0.3, 0.4) is 0 Å². The van der Waals surface area contributed by atoms with Crippen molar-refractivity contribution in [3.05, 3.63) is 42.0 Å². The van der Waals surface area contributed by atoms with Gasteiger partial charge in [0.1, 0.15) is 5.75 Å². The first-order valence-electron chi connectivity index (χ1n) is 7.45. The van der Waals surface area contributed by atoms with E-state index in [4.69, 9.17) is 15.0 Å². The Morgan fingerprint density at radius 1 is 1.33 bits per heavy atom. The zero-order valence-corrected chi connectivity index (χ0v) is 12.3.